The zero-order valence-corrected chi connectivity index (χ0v) is 19.9. The number of hydrogen-bond donors (Lipinski definition) is 1. The number of halogens is 2. The van der Waals surface area contributed by atoms with Gasteiger partial charge in [0.1, 0.15) is 5.82 Å². The fraction of sp³-hybridized carbons (Fsp3) is 0.200. The first-order valence-electron chi connectivity index (χ1n) is 10.3. The molecule has 164 valence electrons. The van der Waals surface area contributed by atoms with E-state index in [1.165, 1.54) is 0 Å². The molecule has 1 heterocycles. The second-order valence-electron chi connectivity index (χ2n) is 7.45. The summed E-state index contributed by atoms with van der Waals surface area (Å²) in [5.41, 5.74) is 3.40. The van der Waals surface area contributed by atoms with E-state index >= 15 is 0 Å². The molecule has 4 nitrogen and oxygen atoms in total. The molecule has 1 amide bonds. The summed E-state index contributed by atoms with van der Waals surface area (Å²) in [6.07, 6.45) is 2.82. The van der Waals surface area contributed by atoms with Gasteiger partial charge in [-0.25, -0.2) is 4.98 Å². The summed E-state index contributed by atoms with van der Waals surface area (Å²) < 4.78 is 2.13. The van der Waals surface area contributed by atoms with E-state index in [0.717, 1.165) is 34.6 Å². The highest BCUT2D eigenvalue weighted by Gasteiger charge is 2.23. The molecule has 1 unspecified atom stereocenters. The average molecular weight is 484 g/mol. The van der Waals surface area contributed by atoms with Crippen LogP contribution in [0.2, 0.25) is 10.0 Å². The third-order valence-corrected chi connectivity index (χ3v) is 6.53. The number of rotatable bonds is 8. The molecule has 0 aliphatic heterocycles. The van der Waals surface area contributed by atoms with Gasteiger partial charge in [0.2, 0.25) is 0 Å². The van der Waals surface area contributed by atoms with E-state index < -0.39 is 0 Å². The Labute approximate surface area is 201 Å². The Bertz CT molecular complexity index is 1230. The molecule has 0 fully saturated rings. The van der Waals surface area contributed by atoms with Crippen LogP contribution in [0.25, 0.3) is 11.0 Å². The van der Waals surface area contributed by atoms with E-state index in [-0.39, 0.29) is 11.9 Å². The van der Waals surface area contributed by atoms with Gasteiger partial charge in [0.15, 0.2) is 0 Å². The van der Waals surface area contributed by atoms with E-state index in [1.54, 1.807) is 23.9 Å². The van der Waals surface area contributed by atoms with Crippen molar-refractivity contribution < 1.29 is 4.79 Å². The van der Waals surface area contributed by atoms with Crippen LogP contribution in [0.1, 0.15) is 34.2 Å². The highest BCUT2D eigenvalue weighted by molar-refractivity contribution is 7.98. The topological polar surface area (TPSA) is 46.9 Å². The van der Waals surface area contributed by atoms with Gasteiger partial charge in [-0.05, 0) is 66.5 Å². The van der Waals surface area contributed by atoms with Gasteiger partial charge in [-0.15, -0.1) is 0 Å². The smallest absolute Gasteiger partial charge is 0.251 e. The lowest BCUT2D eigenvalue weighted by molar-refractivity contribution is 0.0933. The molecular weight excluding hydrogens is 461 g/mol. The number of para-hydroxylation sites is 2. The lowest BCUT2D eigenvalue weighted by atomic mass is 10.1. The molecule has 0 saturated heterocycles. The Kier molecular flexibility index (Phi) is 7.40. The number of thioether (sulfide) groups is 1. The third kappa shape index (κ3) is 5.12. The monoisotopic (exact) mass is 483 g/mol. The highest BCUT2D eigenvalue weighted by Crippen LogP contribution is 2.28. The number of hydrogen-bond acceptors (Lipinski definition) is 3. The summed E-state index contributed by atoms with van der Waals surface area (Å²) >= 11 is 14.5. The van der Waals surface area contributed by atoms with E-state index in [9.17, 15) is 4.79 Å². The van der Waals surface area contributed by atoms with Gasteiger partial charge >= 0.3 is 0 Å². The number of nitrogens with one attached hydrogen (secondary N) is 1. The van der Waals surface area contributed by atoms with Crippen LogP contribution in [0, 0.1) is 0 Å². The lowest BCUT2D eigenvalue weighted by Gasteiger charge is -2.20. The summed E-state index contributed by atoms with van der Waals surface area (Å²) in [7, 11) is 0. The Balaban J connectivity index is 1.76. The molecule has 0 aliphatic rings. The number of amides is 1. The SMILES string of the molecule is CSCCC(NC(=O)c1ccccc1)c1nc2ccccc2n1Cc1cc(Cl)ccc1Cl. The zero-order chi connectivity index (χ0) is 22.5. The molecule has 0 aliphatic carbocycles. The highest BCUT2D eigenvalue weighted by atomic mass is 35.5. The van der Waals surface area contributed by atoms with E-state index in [2.05, 4.69) is 16.1 Å². The fourth-order valence-electron chi connectivity index (χ4n) is 3.69. The minimum atomic E-state index is -0.250. The van der Waals surface area contributed by atoms with Gasteiger partial charge in [-0.3, -0.25) is 4.79 Å². The number of carbonyl (C=O) groups is 1. The van der Waals surface area contributed by atoms with Crippen LogP contribution in [0.15, 0.2) is 72.8 Å². The first-order chi connectivity index (χ1) is 15.6. The Morgan fingerprint density at radius 3 is 2.59 bits per heavy atom. The predicted octanol–water partition coefficient (Wildman–Crippen LogP) is 6.62. The van der Waals surface area contributed by atoms with Crippen molar-refractivity contribution in [2.45, 2.75) is 19.0 Å². The maximum Gasteiger partial charge on any atom is 0.251 e. The molecule has 1 aromatic heterocycles. The molecule has 0 saturated carbocycles. The number of imidazole rings is 1. The van der Waals surface area contributed by atoms with Crippen molar-refractivity contribution >= 4 is 51.9 Å². The number of carbonyl (C=O) groups excluding carboxylic acids is 1. The number of aromatic nitrogens is 2. The van der Waals surface area contributed by atoms with Gasteiger partial charge in [0.25, 0.3) is 5.91 Å². The largest absolute Gasteiger partial charge is 0.342 e. The van der Waals surface area contributed by atoms with Gasteiger partial charge in [-0.1, -0.05) is 53.5 Å². The molecule has 0 radical (unpaired) electrons. The summed E-state index contributed by atoms with van der Waals surface area (Å²) in [6.45, 7) is 0.506. The summed E-state index contributed by atoms with van der Waals surface area (Å²) in [6, 6.07) is 22.4. The van der Waals surface area contributed by atoms with E-state index in [1.807, 2.05) is 60.7 Å². The van der Waals surface area contributed by atoms with Crippen molar-refractivity contribution in [3.8, 4) is 0 Å². The van der Waals surface area contributed by atoms with Crippen LogP contribution in [0.4, 0.5) is 0 Å². The maximum atomic E-state index is 13.0. The van der Waals surface area contributed by atoms with Crippen LogP contribution in [0.3, 0.4) is 0 Å². The van der Waals surface area contributed by atoms with Crippen molar-refractivity contribution in [2.75, 3.05) is 12.0 Å². The number of benzene rings is 3. The van der Waals surface area contributed by atoms with Crippen molar-refractivity contribution in [3.63, 3.8) is 0 Å². The first-order valence-corrected chi connectivity index (χ1v) is 12.5. The normalized spacial score (nSPS) is 12.1. The molecule has 7 heteroatoms. The molecule has 0 bridgehead atoms. The summed E-state index contributed by atoms with van der Waals surface area (Å²) in [5.74, 6) is 1.58. The Morgan fingerprint density at radius 1 is 1.06 bits per heavy atom. The second-order valence-corrected chi connectivity index (χ2v) is 9.28. The first kappa shape index (κ1) is 22.7. The molecular formula is C25H23Cl2N3OS. The summed E-state index contributed by atoms with van der Waals surface area (Å²) in [5, 5.41) is 4.48. The minimum Gasteiger partial charge on any atom is -0.342 e. The Hall–Kier alpha value is -2.47. The van der Waals surface area contributed by atoms with E-state index in [4.69, 9.17) is 28.2 Å². The van der Waals surface area contributed by atoms with Crippen molar-refractivity contribution in [1.82, 2.24) is 14.9 Å². The predicted molar refractivity (Wildman–Crippen MR) is 135 cm³/mol. The van der Waals surface area contributed by atoms with Crippen molar-refractivity contribution in [2.24, 2.45) is 0 Å². The van der Waals surface area contributed by atoms with Gasteiger partial charge in [0, 0.05) is 15.6 Å². The molecule has 4 aromatic rings. The van der Waals surface area contributed by atoms with Gasteiger partial charge in [-0.2, -0.15) is 11.8 Å². The molecule has 4 rings (SSSR count). The van der Waals surface area contributed by atoms with Gasteiger partial charge in [0.05, 0.1) is 23.6 Å². The molecule has 1 atom stereocenters. The number of nitrogens with zero attached hydrogens (tertiary/aromatic N) is 2. The van der Waals surface area contributed by atoms with Crippen LogP contribution < -0.4 is 5.32 Å². The second kappa shape index (κ2) is 10.4. The molecule has 32 heavy (non-hydrogen) atoms. The quantitative estimate of drug-likeness (QED) is 0.306. The maximum absolute atomic E-state index is 13.0. The lowest BCUT2D eigenvalue weighted by Crippen LogP contribution is -2.31. The Morgan fingerprint density at radius 2 is 1.81 bits per heavy atom. The van der Waals surface area contributed by atoms with Crippen molar-refractivity contribution in [3.05, 3.63) is 99.8 Å². The standard InChI is InChI=1S/C25H23Cl2N3OS/c1-32-14-13-22(29-25(31)17-7-3-2-4-8-17)24-28-21-9-5-6-10-23(21)30(24)16-18-15-19(26)11-12-20(18)27/h2-12,15,22H,13-14,16H2,1H3,(H,29,31). The van der Waals surface area contributed by atoms with Crippen LogP contribution in [-0.4, -0.2) is 27.5 Å². The van der Waals surface area contributed by atoms with Crippen molar-refractivity contribution in [1.29, 1.82) is 0 Å². The molecule has 0 spiro atoms. The van der Waals surface area contributed by atoms with E-state index in [0.29, 0.717) is 22.2 Å². The molecule has 1 N–H and O–H groups in total. The molecule has 3 aromatic carbocycles. The fourth-order valence-corrected chi connectivity index (χ4v) is 4.54. The van der Waals surface area contributed by atoms with Crippen LogP contribution in [-0.2, 0) is 6.54 Å². The minimum absolute atomic E-state index is 0.115. The number of fused-ring (bicyclic) bond motifs is 1. The zero-order valence-electron chi connectivity index (χ0n) is 17.6. The van der Waals surface area contributed by atoms with Gasteiger partial charge < -0.3 is 9.88 Å². The average Bonchev–Trinajstić information content (AvgIpc) is 3.18. The van der Waals surface area contributed by atoms with Crippen LogP contribution >= 0.6 is 35.0 Å². The summed E-state index contributed by atoms with van der Waals surface area (Å²) in [4.78, 5) is 17.9. The van der Waals surface area contributed by atoms with Crippen LogP contribution in [0.5, 0.6) is 0 Å². The third-order valence-electron chi connectivity index (χ3n) is 5.28.